The molecule has 6 heteroatoms. The minimum Gasteiger partial charge on any atom is -0.292 e. The summed E-state index contributed by atoms with van der Waals surface area (Å²) < 4.78 is 0. The summed E-state index contributed by atoms with van der Waals surface area (Å²) in [7, 11) is 0. The Morgan fingerprint density at radius 1 is 1.64 bits per heavy atom. The molecule has 3 N–H and O–H groups in total. The largest absolute Gasteiger partial charge is 0.292 e. The highest BCUT2D eigenvalue weighted by Gasteiger charge is 2.20. The minimum absolute atomic E-state index is 0.347. The van der Waals surface area contributed by atoms with E-state index in [1.54, 1.807) is 17.4 Å². The van der Waals surface area contributed by atoms with Crippen LogP contribution in [0, 0.1) is 0 Å². The number of carbonyl (C=O) groups excluding carboxylic acids is 1. The van der Waals surface area contributed by atoms with E-state index in [2.05, 4.69) is 10.2 Å². The van der Waals surface area contributed by atoms with E-state index in [0.717, 1.165) is 10.6 Å². The first-order valence-electron chi connectivity index (χ1n) is 3.98. The highest BCUT2D eigenvalue weighted by atomic mass is 32.1. The van der Waals surface area contributed by atoms with E-state index in [9.17, 15) is 4.79 Å². The van der Waals surface area contributed by atoms with E-state index < -0.39 is 6.04 Å². The molecule has 1 aliphatic rings. The first kappa shape index (κ1) is 9.04. The van der Waals surface area contributed by atoms with Gasteiger partial charge in [-0.2, -0.15) is 10.2 Å². The van der Waals surface area contributed by atoms with E-state index >= 15 is 0 Å². The molecule has 1 aromatic heterocycles. The summed E-state index contributed by atoms with van der Waals surface area (Å²) in [6.45, 7) is 0. The van der Waals surface area contributed by atoms with Crippen molar-refractivity contribution in [2.24, 2.45) is 16.1 Å². The lowest BCUT2D eigenvalue weighted by Gasteiger charge is -1.98. The molecule has 1 amide bonds. The van der Waals surface area contributed by atoms with Gasteiger partial charge in [0.2, 0.25) is 0 Å². The van der Waals surface area contributed by atoms with Crippen molar-refractivity contribution >= 4 is 22.9 Å². The SMILES string of the molecule is NNC(=O)[C@@H]1C=C(c2cccs2)N=N1. The van der Waals surface area contributed by atoms with Crippen LogP contribution in [0.1, 0.15) is 4.88 Å². The summed E-state index contributed by atoms with van der Waals surface area (Å²) in [6, 6.07) is 3.27. The van der Waals surface area contributed by atoms with E-state index in [-0.39, 0.29) is 5.91 Å². The second-order valence-corrected chi connectivity index (χ2v) is 3.65. The number of amides is 1. The average molecular weight is 208 g/mol. The highest BCUT2D eigenvalue weighted by Crippen LogP contribution is 2.26. The third-order valence-electron chi connectivity index (χ3n) is 1.79. The fourth-order valence-electron chi connectivity index (χ4n) is 1.11. The molecular formula is C8H8N4OS. The van der Waals surface area contributed by atoms with Gasteiger partial charge >= 0.3 is 0 Å². The molecule has 0 spiro atoms. The summed E-state index contributed by atoms with van der Waals surface area (Å²) in [5, 5.41) is 9.65. The minimum atomic E-state index is -0.586. The fourth-order valence-corrected chi connectivity index (χ4v) is 1.80. The smallest absolute Gasteiger partial charge is 0.264 e. The number of carbonyl (C=O) groups is 1. The summed E-state index contributed by atoms with van der Waals surface area (Å²) in [5.74, 6) is 4.64. The number of nitrogens with one attached hydrogen (secondary N) is 1. The van der Waals surface area contributed by atoms with Crippen LogP contribution in [0.25, 0.3) is 5.70 Å². The Bertz CT molecular complexity index is 395. The van der Waals surface area contributed by atoms with Crippen molar-refractivity contribution in [1.29, 1.82) is 0 Å². The molecule has 14 heavy (non-hydrogen) atoms. The molecule has 2 rings (SSSR count). The maximum Gasteiger partial charge on any atom is 0.264 e. The van der Waals surface area contributed by atoms with Gasteiger partial charge in [0, 0.05) is 0 Å². The molecule has 1 aromatic rings. The van der Waals surface area contributed by atoms with E-state index in [1.807, 2.05) is 22.9 Å². The van der Waals surface area contributed by atoms with Crippen molar-refractivity contribution < 1.29 is 4.79 Å². The number of hydrogen-bond acceptors (Lipinski definition) is 5. The molecule has 0 radical (unpaired) electrons. The predicted octanol–water partition coefficient (Wildman–Crippen LogP) is 0.913. The number of rotatable bonds is 2. The van der Waals surface area contributed by atoms with Gasteiger partial charge < -0.3 is 0 Å². The first-order chi connectivity index (χ1) is 6.81. The van der Waals surface area contributed by atoms with E-state index in [4.69, 9.17) is 5.84 Å². The first-order valence-corrected chi connectivity index (χ1v) is 4.86. The van der Waals surface area contributed by atoms with Crippen LogP contribution in [0.2, 0.25) is 0 Å². The maximum absolute atomic E-state index is 11.1. The summed E-state index contributed by atoms with van der Waals surface area (Å²) in [5.41, 5.74) is 2.77. The Kier molecular flexibility index (Phi) is 2.38. The van der Waals surface area contributed by atoms with E-state index in [1.165, 1.54) is 0 Å². The number of nitrogens with two attached hydrogens (primary N) is 1. The second kappa shape index (κ2) is 3.69. The van der Waals surface area contributed by atoms with Gasteiger partial charge in [-0.05, 0) is 17.5 Å². The van der Waals surface area contributed by atoms with Crippen LogP contribution in [0.4, 0.5) is 0 Å². The zero-order valence-electron chi connectivity index (χ0n) is 7.18. The normalized spacial score (nSPS) is 19.5. The molecule has 0 aliphatic carbocycles. The molecule has 0 aromatic carbocycles. The Labute approximate surface area is 84.3 Å². The van der Waals surface area contributed by atoms with Gasteiger partial charge in [-0.1, -0.05) is 6.07 Å². The molecule has 5 nitrogen and oxygen atoms in total. The number of hydrogen-bond donors (Lipinski definition) is 2. The number of nitrogens with zero attached hydrogens (tertiary/aromatic N) is 2. The lowest BCUT2D eigenvalue weighted by atomic mass is 10.2. The Balaban J connectivity index is 2.19. The van der Waals surface area contributed by atoms with Gasteiger partial charge in [0.1, 0.15) is 5.70 Å². The molecule has 1 atom stereocenters. The monoisotopic (exact) mass is 208 g/mol. The molecule has 0 saturated carbocycles. The van der Waals surface area contributed by atoms with Crippen LogP contribution in [-0.2, 0) is 4.79 Å². The zero-order chi connectivity index (χ0) is 9.97. The van der Waals surface area contributed by atoms with Crippen LogP contribution in [0.15, 0.2) is 33.8 Å². The summed E-state index contributed by atoms with van der Waals surface area (Å²) in [6.07, 6.45) is 1.69. The van der Waals surface area contributed by atoms with Gasteiger partial charge in [-0.15, -0.1) is 11.3 Å². The molecule has 72 valence electrons. The molecule has 0 unspecified atom stereocenters. The van der Waals surface area contributed by atoms with Crippen LogP contribution in [0.5, 0.6) is 0 Å². The third-order valence-corrected chi connectivity index (χ3v) is 2.68. The standard InChI is InChI=1S/C8H8N4OS/c9-10-8(13)6-4-5(11-12-6)7-2-1-3-14-7/h1-4,6H,9H2,(H,10,13)/t6-/m0/s1. The van der Waals surface area contributed by atoms with Crippen molar-refractivity contribution in [3.05, 3.63) is 28.5 Å². The average Bonchev–Trinajstić information content (AvgIpc) is 2.86. The summed E-state index contributed by atoms with van der Waals surface area (Å²) >= 11 is 1.56. The Morgan fingerprint density at radius 2 is 2.50 bits per heavy atom. The van der Waals surface area contributed by atoms with Crippen LogP contribution in [-0.4, -0.2) is 11.9 Å². The number of azo groups is 1. The Morgan fingerprint density at radius 3 is 3.14 bits per heavy atom. The summed E-state index contributed by atoms with van der Waals surface area (Å²) in [4.78, 5) is 12.1. The zero-order valence-corrected chi connectivity index (χ0v) is 7.99. The molecule has 2 heterocycles. The van der Waals surface area contributed by atoms with Crippen molar-refractivity contribution in [2.45, 2.75) is 6.04 Å². The van der Waals surface area contributed by atoms with Crippen molar-refractivity contribution in [3.63, 3.8) is 0 Å². The maximum atomic E-state index is 11.1. The van der Waals surface area contributed by atoms with Crippen LogP contribution < -0.4 is 11.3 Å². The van der Waals surface area contributed by atoms with Crippen molar-refractivity contribution in [1.82, 2.24) is 5.43 Å². The second-order valence-electron chi connectivity index (χ2n) is 2.70. The van der Waals surface area contributed by atoms with Gasteiger partial charge in [0.25, 0.3) is 5.91 Å². The number of thiophene rings is 1. The van der Waals surface area contributed by atoms with Crippen LogP contribution in [0.3, 0.4) is 0 Å². The molecule has 0 fully saturated rings. The topological polar surface area (TPSA) is 79.8 Å². The molecular weight excluding hydrogens is 200 g/mol. The van der Waals surface area contributed by atoms with Gasteiger partial charge in [0.05, 0.1) is 4.88 Å². The third kappa shape index (κ3) is 1.57. The van der Waals surface area contributed by atoms with Gasteiger partial charge in [0.15, 0.2) is 6.04 Å². The molecule has 0 saturated heterocycles. The quantitative estimate of drug-likeness (QED) is 0.430. The lowest BCUT2D eigenvalue weighted by Crippen LogP contribution is -2.36. The van der Waals surface area contributed by atoms with Crippen LogP contribution >= 0.6 is 11.3 Å². The van der Waals surface area contributed by atoms with Crippen molar-refractivity contribution in [3.8, 4) is 0 Å². The molecule has 1 aliphatic heterocycles. The van der Waals surface area contributed by atoms with Crippen molar-refractivity contribution in [2.75, 3.05) is 0 Å². The highest BCUT2D eigenvalue weighted by molar-refractivity contribution is 7.11. The van der Waals surface area contributed by atoms with Gasteiger partial charge in [-0.3, -0.25) is 10.2 Å². The fraction of sp³-hybridized carbons (Fsp3) is 0.125. The number of hydrazine groups is 1. The van der Waals surface area contributed by atoms with E-state index in [0.29, 0.717) is 0 Å². The lowest BCUT2D eigenvalue weighted by molar-refractivity contribution is -0.121. The Hall–Kier alpha value is -1.53. The van der Waals surface area contributed by atoms with Gasteiger partial charge in [-0.25, -0.2) is 5.84 Å². The molecule has 0 bridgehead atoms. The predicted molar refractivity (Wildman–Crippen MR) is 53.3 cm³/mol.